The predicted molar refractivity (Wildman–Crippen MR) is 106 cm³/mol. The minimum absolute atomic E-state index is 0.00916. The van der Waals surface area contributed by atoms with Gasteiger partial charge in [0.15, 0.2) is 10.9 Å². The number of Topliss-reactive ketones (excluding diaryl/α,β-unsaturated/α-hetero) is 1. The molecule has 9 heteroatoms. The fourth-order valence-electron chi connectivity index (χ4n) is 2.50. The van der Waals surface area contributed by atoms with Crippen molar-refractivity contribution >= 4 is 39.5 Å². The van der Waals surface area contributed by atoms with E-state index in [1.54, 1.807) is 29.6 Å². The summed E-state index contributed by atoms with van der Waals surface area (Å²) in [6.45, 7) is 1.46. The predicted octanol–water partition coefficient (Wildman–Crippen LogP) is 5.29. The fraction of sp³-hybridized carbons (Fsp3) is 0.150. The number of carbonyl (C=O) groups excluding carboxylic acids is 2. The van der Waals surface area contributed by atoms with Gasteiger partial charge >= 0.3 is 6.18 Å². The van der Waals surface area contributed by atoms with Gasteiger partial charge in [-0.25, -0.2) is 4.98 Å². The number of benzene rings is 2. The molecule has 0 aliphatic carbocycles. The molecule has 2 aromatic carbocycles. The van der Waals surface area contributed by atoms with E-state index in [9.17, 15) is 22.8 Å². The lowest BCUT2D eigenvalue weighted by atomic mass is 10.1. The summed E-state index contributed by atoms with van der Waals surface area (Å²) in [7, 11) is 0. The Morgan fingerprint density at radius 3 is 2.45 bits per heavy atom. The van der Waals surface area contributed by atoms with Gasteiger partial charge in [0.1, 0.15) is 0 Å². The Morgan fingerprint density at radius 1 is 1.07 bits per heavy atom. The first-order chi connectivity index (χ1) is 13.7. The van der Waals surface area contributed by atoms with E-state index in [1.807, 2.05) is 0 Å². The van der Waals surface area contributed by atoms with E-state index in [-0.39, 0.29) is 23.8 Å². The van der Waals surface area contributed by atoms with Crippen LogP contribution in [0.15, 0.2) is 53.9 Å². The van der Waals surface area contributed by atoms with E-state index in [0.717, 1.165) is 12.1 Å². The SMILES string of the molecule is CC(=O)c1ccc(NC(=O)Cc2csc(Nc3cccc(C(F)(F)F)c3)n2)cc1. The Labute approximate surface area is 168 Å². The Bertz CT molecular complexity index is 1030. The smallest absolute Gasteiger partial charge is 0.332 e. The molecule has 0 saturated heterocycles. The van der Waals surface area contributed by atoms with Crippen molar-refractivity contribution in [3.8, 4) is 0 Å². The van der Waals surface area contributed by atoms with Gasteiger partial charge in [0.25, 0.3) is 0 Å². The second-order valence-electron chi connectivity index (χ2n) is 6.21. The Kier molecular flexibility index (Phi) is 5.97. The van der Waals surface area contributed by atoms with Crippen LogP contribution in [-0.4, -0.2) is 16.7 Å². The van der Waals surface area contributed by atoms with Crippen LogP contribution in [0.1, 0.15) is 28.5 Å². The minimum Gasteiger partial charge on any atom is -0.332 e. The number of ketones is 1. The summed E-state index contributed by atoms with van der Waals surface area (Å²) in [5.41, 5.74) is 1.10. The first-order valence-electron chi connectivity index (χ1n) is 8.50. The summed E-state index contributed by atoms with van der Waals surface area (Å²) >= 11 is 1.19. The van der Waals surface area contributed by atoms with Crippen molar-refractivity contribution in [2.45, 2.75) is 19.5 Å². The standard InChI is InChI=1S/C20H16F3N3O2S/c1-12(27)13-5-7-15(8-6-13)24-18(28)10-17-11-29-19(26-17)25-16-4-2-3-14(9-16)20(21,22)23/h2-9,11H,10H2,1H3,(H,24,28)(H,25,26). The number of halogens is 3. The molecule has 0 radical (unpaired) electrons. The van der Waals surface area contributed by atoms with E-state index in [0.29, 0.717) is 22.1 Å². The summed E-state index contributed by atoms with van der Waals surface area (Å²) in [6, 6.07) is 11.3. The number of aromatic nitrogens is 1. The van der Waals surface area contributed by atoms with E-state index < -0.39 is 11.7 Å². The van der Waals surface area contributed by atoms with Crippen LogP contribution >= 0.6 is 11.3 Å². The molecular formula is C20H16F3N3O2S. The van der Waals surface area contributed by atoms with Gasteiger partial charge in [-0.3, -0.25) is 9.59 Å². The molecular weight excluding hydrogens is 403 g/mol. The van der Waals surface area contributed by atoms with Crippen LogP contribution in [0.4, 0.5) is 29.7 Å². The molecule has 3 rings (SSSR count). The topological polar surface area (TPSA) is 71.1 Å². The van der Waals surface area contributed by atoms with Gasteiger partial charge in [0.05, 0.1) is 17.7 Å². The van der Waals surface area contributed by atoms with Crippen molar-refractivity contribution in [1.29, 1.82) is 0 Å². The number of hydrogen-bond donors (Lipinski definition) is 2. The molecule has 1 aromatic heterocycles. The molecule has 0 atom stereocenters. The molecule has 1 amide bonds. The molecule has 0 aliphatic rings. The number of nitrogens with zero attached hydrogens (tertiary/aromatic N) is 1. The minimum atomic E-state index is -4.42. The molecule has 0 unspecified atom stereocenters. The van der Waals surface area contributed by atoms with E-state index >= 15 is 0 Å². The summed E-state index contributed by atoms with van der Waals surface area (Å²) in [6.07, 6.45) is -4.42. The third-order valence-corrected chi connectivity index (χ3v) is 4.72. The third-order valence-electron chi connectivity index (χ3n) is 3.91. The van der Waals surface area contributed by atoms with Crippen LogP contribution in [-0.2, 0) is 17.4 Å². The lowest BCUT2D eigenvalue weighted by Gasteiger charge is -2.09. The van der Waals surface area contributed by atoms with Crippen molar-refractivity contribution in [2.75, 3.05) is 10.6 Å². The summed E-state index contributed by atoms with van der Waals surface area (Å²) in [4.78, 5) is 27.7. The van der Waals surface area contributed by atoms with Crippen molar-refractivity contribution in [1.82, 2.24) is 4.98 Å². The highest BCUT2D eigenvalue weighted by molar-refractivity contribution is 7.13. The van der Waals surface area contributed by atoms with Gasteiger partial charge in [-0.05, 0) is 49.4 Å². The molecule has 150 valence electrons. The average molecular weight is 419 g/mol. The van der Waals surface area contributed by atoms with E-state index in [4.69, 9.17) is 0 Å². The highest BCUT2D eigenvalue weighted by atomic mass is 32.1. The van der Waals surface area contributed by atoms with Crippen molar-refractivity contribution in [2.24, 2.45) is 0 Å². The molecule has 0 bridgehead atoms. The zero-order chi connectivity index (χ0) is 21.0. The first-order valence-corrected chi connectivity index (χ1v) is 9.38. The van der Waals surface area contributed by atoms with Crippen LogP contribution in [0.5, 0.6) is 0 Å². The lowest BCUT2D eigenvalue weighted by Crippen LogP contribution is -2.14. The van der Waals surface area contributed by atoms with Gasteiger partial charge in [-0.15, -0.1) is 11.3 Å². The lowest BCUT2D eigenvalue weighted by molar-refractivity contribution is -0.137. The second-order valence-corrected chi connectivity index (χ2v) is 7.06. The second kappa shape index (κ2) is 8.44. The number of nitrogens with one attached hydrogen (secondary N) is 2. The fourth-order valence-corrected chi connectivity index (χ4v) is 3.23. The number of thiazole rings is 1. The van der Waals surface area contributed by atoms with Gasteiger partial charge in [0.2, 0.25) is 5.91 Å². The molecule has 0 fully saturated rings. The molecule has 0 spiro atoms. The molecule has 0 saturated carbocycles. The maximum atomic E-state index is 12.8. The zero-order valence-electron chi connectivity index (χ0n) is 15.2. The first kappa shape index (κ1) is 20.5. The van der Waals surface area contributed by atoms with E-state index in [2.05, 4.69) is 15.6 Å². The van der Waals surface area contributed by atoms with Gasteiger partial charge in [0, 0.05) is 22.3 Å². The van der Waals surface area contributed by atoms with Crippen molar-refractivity contribution < 1.29 is 22.8 Å². The number of hydrogen-bond acceptors (Lipinski definition) is 5. The molecule has 1 heterocycles. The highest BCUT2D eigenvalue weighted by Crippen LogP contribution is 2.31. The van der Waals surface area contributed by atoms with Crippen LogP contribution in [0, 0.1) is 0 Å². The number of alkyl halides is 3. The Balaban J connectivity index is 1.60. The molecule has 3 aromatic rings. The Hall–Kier alpha value is -3.20. The molecule has 2 N–H and O–H groups in total. The normalized spacial score (nSPS) is 11.2. The van der Waals surface area contributed by atoms with E-state index in [1.165, 1.54) is 30.4 Å². The summed E-state index contributed by atoms with van der Waals surface area (Å²) in [5.74, 6) is -0.359. The number of carbonyl (C=O) groups is 2. The third kappa shape index (κ3) is 5.64. The molecule has 0 aliphatic heterocycles. The summed E-state index contributed by atoms with van der Waals surface area (Å²) < 4.78 is 38.4. The van der Waals surface area contributed by atoms with Crippen LogP contribution in [0.2, 0.25) is 0 Å². The molecule has 5 nitrogen and oxygen atoms in total. The largest absolute Gasteiger partial charge is 0.416 e. The zero-order valence-corrected chi connectivity index (χ0v) is 16.0. The Morgan fingerprint density at radius 2 is 1.79 bits per heavy atom. The number of rotatable bonds is 6. The maximum absolute atomic E-state index is 12.8. The van der Waals surface area contributed by atoms with Crippen LogP contribution in [0.25, 0.3) is 0 Å². The van der Waals surface area contributed by atoms with Gasteiger partial charge in [-0.1, -0.05) is 6.07 Å². The van der Waals surface area contributed by atoms with Crippen LogP contribution in [0.3, 0.4) is 0 Å². The monoisotopic (exact) mass is 419 g/mol. The van der Waals surface area contributed by atoms with Crippen molar-refractivity contribution in [3.63, 3.8) is 0 Å². The quantitative estimate of drug-likeness (QED) is 0.533. The maximum Gasteiger partial charge on any atom is 0.416 e. The average Bonchev–Trinajstić information content (AvgIpc) is 3.08. The van der Waals surface area contributed by atoms with Gasteiger partial charge in [-0.2, -0.15) is 13.2 Å². The number of anilines is 3. The number of amides is 1. The molecule has 29 heavy (non-hydrogen) atoms. The van der Waals surface area contributed by atoms with Crippen LogP contribution < -0.4 is 10.6 Å². The highest BCUT2D eigenvalue weighted by Gasteiger charge is 2.30. The van der Waals surface area contributed by atoms with Crippen molar-refractivity contribution in [3.05, 3.63) is 70.7 Å². The summed E-state index contributed by atoms with van der Waals surface area (Å²) in [5, 5.41) is 7.58. The van der Waals surface area contributed by atoms with Gasteiger partial charge < -0.3 is 10.6 Å².